The molecule has 35 heavy (non-hydrogen) atoms. The van der Waals surface area contributed by atoms with Crippen molar-refractivity contribution in [3.63, 3.8) is 0 Å². The van der Waals surface area contributed by atoms with Crippen molar-refractivity contribution in [1.82, 2.24) is 4.90 Å². The van der Waals surface area contributed by atoms with E-state index < -0.39 is 17.7 Å². The Morgan fingerprint density at radius 3 is 2.37 bits per heavy atom. The second kappa shape index (κ2) is 10.4. The summed E-state index contributed by atoms with van der Waals surface area (Å²) < 4.78 is 16.2. The van der Waals surface area contributed by atoms with Crippen LogP contribution in [0.15, 0.2) is 42.0 Å². The number of amides is 1. The fourth-order valence-electron chi connectivity index (χ4n) is 4.22. The van der Waals surface area contributed by atoms with Crippen molar-refractivity contribution in [2.45, 2.75) is 39.2 Å². The number of hydrogen-bond acceptors (Lipinski definition) is 7. The number of phenolic OH excluding ortho intramolecular Hbond substituents is 1. The molecular formula is C27H33NO7. The van der Waals surface area contributed by atoms with Gasteiger partial charge in [0.15, 0.2) is 11.5 Å². The molecule has 0 aliphatic carbocycles. The van der Waals surface area contributed by atoms with E-state index in [9.17, 15) is 19.8 Å². The third-order valence-electron chi connectivity index (χ3n) is 5.96. The summed E-state index contributed by atoms with van der Waals surface area (Å²) in [5.74, 6) is -0.985. The van der Waals surface area contributed by atoms with Crippen LogP contribution < -0.4 is 9.47 Å². The Balaban J connectivity index is 2.23. The van der Waals surface area contributed by atoms with E-state index in [1.807, 2.05) is 20.8 Å². The van der Waals surface area contributed by atoms with Gasteiger partial charge in [0.2, 0.25) is 0 Å². The standard InChI is InChI=1S/C27H33NO7/c1-7-35-21-15-16(8-10-19(21)29)23-22(25(31)26(32)28(23)12-13-33-5)24(30)17-9-11-20(34-6)18(14-17)27(2,3)4/h8-11,14-15,23,29-30H,7,12-13H2,1-6H3/b24-22+. The fraction of sp³-hybridized carbons (Fsp3) is 0.407. The second-order valence-corrected chi connectivity index (χ2v) is 9.31. The van der Waals surface area contributed by atoms with Crippen molar-refractivity contribution in [1.29, 1.82) is 0 Å². The van der Waals surface area contributed by atoms with Gasteiger partial charge in [0, 0.05) is 24.8 Å². The van der Waals surface area contributed by atoms with Gasteiger partial charge in [0.05, 0.1) is 31.9 Å². The number of phenols is 1. The van der Waals surface area contributed by atoms with Crippen LogP contribution in [0, 0.1) is 0 Å². The van der Waals surface area contributed by atoms with Gasteiger partial charge in [0.1, 0.15) is 11.5 Å². The largest absolute Gasteiger partial charge is 0.507 e. The molecule has 188 valence electrons. The van der Waals surface area contributed by atoms with Crippen LogP contribution in [0.2, 0.25) is 0 Å². The Hall–Kier alpha value is -3.52. The number of carbonyl (C=O) groups excluding carboxylic acids is 2. The maximum absolute atomic E-state index is 13.2. The molecule has 1 heterocycles. The van der Waals surface area contributed by atoms with Crippen molar-refractivity contribution in [2.24, 2.45) is 0 Å². The third-order valence-corrected chi connectivity index (χ3v) is 5.96. The summed E-state index contributed by atoms with van der Waals surface area (Å²) >= 11 is 0. The average molecular weight is 484 g/mol. The quantitative estimate of drug-likeness (QED) is 0.330. The third kappa shape index (κ3) is 5.12. The summed E-state index contributed by atoms with van der Waals surface area (Å²) in [5, 5.41) is 21.6. The van der Waals surface area contributed by atoms with Crippen LogP contribution in [0.1, 0.15) is 50.4 Å². The highest BCUT2D eigenvalue weighted by Gasteiger charge is 2.46. The predicted molar refractivity (Wildman–Crippen MR) is 132 cm³/mol. The van der Waals surface area contributed by atoms with Gasteiger partial charge < -0.3 is 29.3 Å². The number of aromatic hydroxyl groups is 1. The zero-order valence-electron chi connectivity index (χ0n) is 21.0. The Morgan fingerprint density at radius 1 is 1.06 bits per heavy atom. The van der Waals surface area contributed by atoms with Crippen LogP contribution in [0.4, 0.5) is 0 Å². The summed E-state index contributed by atoms with van der Waals surface area (Å²) in [7, 11) is 3.08. The van der Waals surface area contributed by atoms with Crippen molar-refractivity contribution in [3.8, 4) is 17.2 Å². The van der Waals surface area contributed by atoms with E-state index in [-0.39, 0.29) is 41.4 Å². The van der Waals surface area contributed by atoms with E-state index >= 15 is 0 Å². The molecule has 0 saturated carbocycles. The van der Waals surface area contributed by atoms with E-state index in [4.69, 9.17) is 14.2 Å². The molecule has 1 amide bonds. The number of rotatable bonds is 8. The number of aliphatic hydroxyl groups excluding tert-OH is 1. The van der Waals surface area contributed by atoms with Gasteiger partial charge in [-0.05, 0) is 48.2 Å². The van der Waals surface area contributed by atoms with E-state index in [1.165, 1.54) is 18.1 Å². The van der Waals surface area contributed by atoms with Gasteiger partial charge >= 0.3 is 0 Å². The van der Waals surface area contributed by atoms with Crippen molar-refractivity contribution in [3.05, 3.63) is 58.7 Å². The first-order valence-electron chi connectivity index (χ1n) is 11.5. The lowest BCUT2D eigenvalue weighted by atomic mass is 9.84. The molecular weight excluding hydrogens is 450 g/mol. The summed E-state index contributed by atoms with van der Waals surface area (Å²) in [6.45, 7) is 8.51. The Morgan fingerprint density at radius 2 is 1.77 bits per heavy atom. The first-order chi connectivity index (χ1) is 16.5. The molecule has 1 saturated heterocycles. The lowest BCUT2D eigenvalue weighted by molar-refractivity contribution is -0.140. The fourth-order valence-corrected chi connectivity index (χ4v) is 4.22. The highest BCUT2D eigenvalue weighted by molar-refractivity contribution is 6.46. The molecule has 1 aliphatic rings. The van der Waals surface area contributed by atoms with Gasteiger partial charge in [-0.1, -0.05) is 26.8 Å². The highest BCUT2D eigenvalue weighted by Crippen LogP contribution is 2.42. The van der Waals surface area contributed by atoms with E-state index in [0.29, 0.717) is 23.5 Å². The minimum atomic E-state index is -0.884. The number of Topliss-reactive ketones (excluding diaryl/α,β-unsaturated/α-hetero) is 1. The van der Waals surface area contributed by atoms with E-state index in [2.05, 4.69) is 0 Å². The van der Waals surface area contributed by atoms with Crippen LogP contribution in [0.25, 0.3) is 5.76 Å². The molecule has 3 rings (SSSR count). The summed E-state index contributed by atoms with van der Waals surface area (Å²) in [6.07, 6.45) is 0. The Labute approximate surface area is 205 Å². The van der Waals surface area contributed by atoms with Crippen LogP contribution in [-0.2, 0) is 19.7 Å². The molecule has 8 heteroatoms. The maximum Gasteiger partial charge on any atom is 0.295 e. The summed E-state index contributed by atoms with van der Waals surface area (Å²) in [4.78, 5) is 27.6. The summed E-state index contributed by atoms with van der Waals surface area (Å²) in [6, 6.07) is 8.92. The average Bonchev–Trinajstić information content (AvgIpc) is 3.07. The maximum atomic E-state index is 13.2. The minimum Gasteiger partial charge on any atom is -0.507 e. The molecule has 1 unspecified atom stereocenters. The Kier molecular flexibility index (Phi) is 7.75. The first-order valence-corrected chi connectivity index (χ1v) is 11.5. The van der Waals surface area contributed by atoms with Crippen molar-refractivity contribution >= 4 is 17.4 Å². The van der Waals surface area contributed by atoms with E-state index in [1.54, 1.807) is 44.4 Å². The van der Waals surface area contributed by atoms with Gasteiger partial charge in [-0.3, -0.25) is 9.59 Å². The SMILES string of the molecule is CCOc1cc(C2/C(=C(\O)c3ccc(OC)c(C(C)(C)C)c3)C(=O)C(=O)N2CCOC)ccc1O. The molecule has 8 nitrogen and oxygen atoms in total. The lowest BCUT2D eigenvalue weighted by Crippen LogP contribution is -2.32. The zero-order chi connectivity index (χ0) is 25.9. The van der Waals surface area contributed by atoms with Crippen LogP contribution in [-0.4, -0.2) is 60.8 Å². The normalized spacial score (nSPS) is 17.7. The lowest BCUT2D eigenvalue weighted by Gasteiger charge is -2.26. The van der Waals surface area contributed by atoms with Crippen LogP contribution in [0.5, 0.6) is 17.2 Å². The Bertz CT molecular complexity index is 1150. The van der Waals surface area contributed by atoms with Gasteiger partial charge in [0.25, 0.3) is 11.7 Å². The van der Waals surface area contributed by atoms with E-state index in [0.717, 1.165) is 5.56 Å². The molecule has 0 aromatic heterocycles. The van der Waals surface area contributed by atoms with Gasteiger partial charge in [-0.2, -0.15) is 0 Å². The number of methoxy groups -OCH3 is 2. The van der Waals surface area contributed by atoms with Crippen molar-refractivity contribution < 1.29 is 34.0 Å². The number of ether oxygens (including phenoxy) is 3. The molecule has 1 atom stereocenters. The monoisotopic (exact) mass is 483 g/mol. The molecule has 2 aromatic rings. The molecule has 0 radical (unpaired) electrons. The predicted octanol–water partition coefficient (Wildman–Crippen LogP) is 4.17. The minimum absolute atomic E-state index is 0.0377. The van der Waals surface area contributed by atoms with Crippen LogP contribution >= 0.6 is 0 Å². The molecule has 1 fully saturated rings. The molecule has 1 aliphatic heterocycles. The highest BCUT2D eigenvalue weighted by atomic mass is 16.5. The number of aliphatic hydroxyl groups is 1. The van der Waals surface area contributed by atoms with Crippen LogP contribution in [0.3, 0.4) is 0 Å². The molecule has 0 spiro atoms. The first kappa shape index (κ1) is 26.1. The molecule has 0 bridgehead atoms. The number of carbonyl (C=O) groups is 2. The van der Waals surface area contributed by atoms with Crippen molar-refractivity contribution in [2.75, 3.05) is 34.0 Å². The topological polar surface area (TPSA) is 106 Å². The number of hydrogen-bond donors (Lipinski definition) is 2. The molecule has 2 N–H and O–H groups in total. The zero-order valence-corrected chi connectivity index (χ0v) is 21.0. The number of nitrogens with zero attached hydrogens (tertiary/aromatic N) is 1. The number of likely N-dealkylation sites (tertiary alicyclic amines) is 1. The van der Waals surface area contributed by atoms with Gasteiger partial charge in [-0.25, -0.2) is 0 Å². The van der Waals surface area contributed by atoms with Gasteiger partial charge in [-0.15, -0.1) is 0 Å². The number of benzene rings is 2. The summed E-state index contributed by atoms with van der Waals surface area (Å²) in [5.41, 5.74) is 1.43. The smallest absolute Gasteiger partial charge is 0.295 e. The number of ketones is 1. The second-order valence-electron chi connectivity index (χ2n) is 9.31. The molecule has 2 aromatic carbocycles.